The number of oxime groups is 1. The van der Waals surface area contributed by atoms with Gasteiger partial charge in [-0.05, 0) is 13.8 Å². The third-order valence-corrected chi connectivity index (χ3v) is 1.53. The maximum absolute atomic E-state index is 10.7. The van der Waals surface area contributed by atoms with E-state index in [-0.39, 0.29) is 0 Å². The molecule has 0 fully saturated rings. The molecule has 0 spiro atoms. The number of carbonyl (C=O) groups is 1. The van der Waals surface area contributed by atoms with Crippen LogP contribution in [0.25, 0.3) is 0 Å². The van der Waals surface area contributed by atoms with E-state index in [4.69, 9.17) is 23.2 Å². The van der Waals surface area contributed by atoms with Crippen LogP contribution < -0.4 is 0 Å². The molecule has 0 atom stereocenters. The number of rotatable bonds is 3. The van der Waals surface area contributed by atoms with E-state index in [1.807, 2.05) is 0 Å². The van der Waals surface area contributed by atoms with Gasteiger partial charge in [0.2, 0.25) is 0 Å². The Labute approximate surface area is 81.0 Å². The third kappa shape index (κ3) is 5.16. The predicted octanol–water partition coefficient (Wildman–Crippen LogP) is 2.29. The van der Waals surface area contributed by atoms with Crippen molar-refractivity contribution in [2.45, 2.75) is 18.7 Å². The molecule has 0 aromatic rings. The molecule has 12 heavy (non-hydrogen) atoms. The Morgan fingerprint density at radius 2 is 2.17 bits per heavy atom. The lowest BCUT2D eigenvalue weighted by molar-refractivity contribution is -0.137. The summed E-state index contributed by atoms with van der Waals surface area (Å²) < 4.78 is 0. The van der Waals surface area contributed by atoms with Crippen molar-refractivity contribution < 1.29 is 9.63 Å². The zero-order valence-corrected chi connectivity index (χ0v) is 8.26. The number of hydrogen-bond acceptors (Lipinski definition) is 3. The van der Waals surface area contributed by atoms with Crippen molar-refractivity contribution in [1.29, 1.82) is 0 Å². The van der Waals surface area contributed by atoms with Gasteiger partial charge in [0.25, 0.3) is 0 Å². The summed E-state index contributed by atoms with van der Waals surface area (Å²) in [4.78, 5) is 14.3. The average molecular weight is 210 g/mol. The van der Waals surface area contributed by atoms with E-state index in [1.165, 1.54) is 6.08 Å². The second-order valence-electron chi connectivity index (χ2n) is 1.94. The minimum absolute atomic E-state index is 0.344. The molecule has 0 radical (unpaired) electrons. The molecular weight excluding hydrogens is 201 g/mol. The van der Waals surface area contributed by atoms with E-state index >= 15 is 0 Å². The maximum Gasteiger partial charge on any atom is 0.358 e. The maximum atomic E-state index is 10.7. The highest BCUT2D eigenvalue weighted by Gasteiger charge is 2.04. The van der Waals surface area contributed by atoms with E-state index in [0.717, 1.165) is 0 Å². The summed E-state index contributed by atoms with van der Waals surface area (Å²) in [6, 6.07) is 0. The van der Waals surface area contributed by atoms with Crippen molar-refractivity contribution in [3.63, 3.8) is 0 Å². The topological polar surface area (TPSA) is 38.7 Å². The molecule has 5 heteroatoms. The predicted molar refractivity (Wildman–Crippen MR) is 49.5 cm³/mol. The fourth-order valence-corrected chi connectivity index (χ4v) is 0.403. The molecule has 0 aromatic carbocycles. The van der Waals surface area contributed by atoms with Gasteiger partial charge in [0.15, 0.2) is 0 Å². The van der Waals surface area contributed by atoms with Crippen molar-refractivity contribution in [1.82, 2.24) is 0 Å². The van der Waals surface area contributed by atoms with E-state index in [2.05, 4.69) is 9.99 Å². The highest BCUT2D eigenvalue weighted by Crippen LogP contribution is 2.04. The SMILES string of the molecule is C/C=C/C(=O)ON=C(C)C(Cl)Cl. The van der Waals surface area contributed by atoms with Crippen LogP contribution in [-0.4, -0.2) is 16.5 Å². The van der Waals surface area contributed by atoms with E-state index in [1.54, 1.807) is 19.9 Å². The summed E-state index contributed by atoms with van der Waals surface area (Å²) >= 11 is 10.8. The monoisotopic (exact) mass is 209 g/mol. The molecule has 0 aliphatic carbocycles. The molecule has 0 bridgehead atoms. The zero-order chi connectivity index (χ0) is 9.56. The molecule has 3 nitrogen and oxygen atoms in total. The van der Waals surface area contributed by atoms with Crippen LogP contribution >= 0.6 is 23.2 Å². The number of alkyl halides is 2. The minimum Gasteiger partial charge on any atom is -0.313 e. The van der Waals surface area contributed by atoms with Gasteiger partial charge in [-0.3, -0.25) is 0 Å². The first-order valence-corrected chi connectivity index (χ1v) is 4.11. The molecular formula is C7H9Cl2NO2. The Morgan fingerprint density at radius 3 is 2.58 bits per heavy atom. The van der Waals surface area contributed by atoms with Crippen LogP contribution in [0, 0.1) is 0 Å². The molecule has 0 unspecified atom stereocenters. The van der Waals surface area contributed by atoms with Gasteiger partial charge in [-0.15, -0.1) is 0 Å². The van der Waals surface area contributed by atoms with E-state index in [0.29, 0.717) is 5.71 Å². The molecule has 0 saturated carbocycles. The van der Waals surface area contributed by atoms with Crippen LogP contribution in [-0.2, 0) is 9.63 Å². The second kappa shape index (κ2) is 6.03. The molecule has 0 saturated heterocycles. The highest BCUT2D eigenvalue weighted by atomic mass is 35.5. The molecule has 0 heterocycles. The molecule has 0 rings (SSSR count). The Kier molecular flexibility index (Phi) is 5.76. The van der Waals surface area contributed by atoms with Crippen LogP contribution in [0.2, 0.25) is 0 Å². The van der Waals surface area contributed by atoms with E-state index in [9.17, 15) is 4.79 Å². The number of allylic oxidation sites excluding steroid dienone is 1. The Balaban J connectivity index is 3.96. The van der Waals surface area contributed by atoms with Crippen molar-refractivity contribution in [2.24, 2.45) is 5.16 Å². The van der Waals surface area contributed by atoms with E-state index < -0.39 is 10.8 Å². The number of nitrogens with zero attached hydrogens (tertiary/aromatic N) is 1. The summed E-state index contributed by atoms with van der Waals surface area (Å²) in [5.74, 6) is -0.550. The standard InChI is InChI=1S/C7H9Cl2NO2/c1-3-4-6(11)12-10-5(2)7(8)9/h3-4,7H,1-2H3/b4-3+,10-5?. The lowest BCUT2D eigenvalue weighted by atomic mass is 10.5. The Hall–Kier alpha value is -0.540. The summed E-state index contributed by atoms with van der Waals surface area (Å²) in [6.45, 7) is 3.26. The lowest BCUT2D eigenvalue weighted by Crippen LogP contribution is -2.05. The van der Waals surface area contributed by atoms with Gasteiger partial charge in [-0.1, -0.05) is 34.4 Å². The molecule has 0 aliphatic heterocycles. The minimum atomic E-state index is -0.747. The quantitative estimate of drug-likeness (QED) is 0.235. The van der Waals surface area contributed by atoms with Crippen molar-refractivity contribution in [3.8, 4) is 0 Å². The molecule has 0 N–H and O–H groups in total. The highest BCUT2D eigenvalue weighted by molar-refractivity contribution is 6.54. The van der Waals surface area contributed by atoms with Gasteiger partial charge in [0.05, 0.1) is 5.71 Å². The average Bonchev–Trinajstić information content (AvgIpc) is 2.00. The number of halogens is 2. The van der Waals surface area contributed by atoms with Crippen LogP contribution in [0.1, 0.15) is 13.8 Å². The Morgan fingerprint density at radius 1 is 1.58 bits per heavy atom. The summed E-state index contributed by atoms with van der Waals surface area (Å²) in [5, 5.41) is 3.39. The van der Waals surface area contributed by atoms with Crippen molar-refractivity contribution in [2.75, 3.05) is 0 Å². The van der Waals surface area contributed by atoms with Gasteiger partial charge < -0.3 is 4.84 Å². The summed E-state index contributed by atoms with van der Waals surface area (Å²) in [7, 11) is 0. The smallest absolute Gasteiger partial charge is 0.313 e. The first kappa shape index (κ1) is 11.5. The second-order valence-corrected chi connectivity index (χ2v) is 3.04. The van der Waals surface area contributed by atoms with Gasteiger partial charge >= 0.3 is 5.97 Å². The van der Waals surface area contributed by atoms with Crippen LogP contribution in [0.3, 0.4) is 0 Å². The van der Waals surface area contributed by atoms with Gasteiger partial charge in [0, 0.05) is 6.08 Å². The van der Waals surface area contributed by atoms with Crippen LogP contribution in [0.15, 0.2) is 17.3 Å². The third-order valence-electron chi connectivity index (χ3n) is 0.898. The van der Waals surface area contributed by atoms with Gasteiger partial charge in [-0.2, -0.15) is 0 Å². The first-order valence-electron chi connectivity index (χ1n) is 3.24. The molecule has 68 valence electrons. The van der Waals surface area contributed by atoms with Crippen molar-refractivity contribution >= 4 is 34.9 Å². The van der Waals surface area contributed by atoms with Gasteiger partial charge in [0.1, 0.15) is 4.84 Å². The molecule has 0 aliphatic rings. The van der Waals surface area contributed by atoms with Crippen molar-refractivity contribution in [3.05, 3.63) is 12.2 Å². The zero-order valence-electron chi connectivity index (χ0n) is 6.75. The normalized spacial score (nSPS) is 12.6. The summed E-state index contributed by atoms with van der Waals surface area (Å²) in [6.07, 6.45) is 2.79. The number of hydrogen-bond donors (Lipinski definition) is 0. The first-order chi connectivity index (χ1) is 5.57. The number of carbonyl (C=O) groups excluding carboxylic acids is 1. The molecule has 0 amide bonds. The Bertz CT molecular complexity index is 211. The van der Waals surface area contributed by atoms with Gasteiger partial charge in [-0.25, -0.2) is 4.79 Å². The largest absolute Gasteiger partial charge is 0.358 e. The molecule has 0 aromatic heterocycles. The summed E-state index contributed by atoms with van der Waals surface area (Å²) in [5.41, 5.74) is 0.344. The lowest BCUT2D eigenvalue weighted by Gasteiger charge is -1.97. The van der Waals surface area contributed by atoms with Crippen LogP contribution in [0.4, 0.5) is 0 Å². The fourth-order valence-electron chi connectivity index (χ4n) is 0.323. The van der Waals surface area contributed by atoms with Crippen LogP contribution in [0.5, 0.6) is 0 Å². The fraction of sp³-hybridized carbons (Fsp3) is 0.429.